The number of nitrogens with zero attached hydrogens (tertiary/aromatic N) is 2. The lowest BCUT2D eigenvalue weighted by Gasteiger charge is -2.16. The number of hydrogen-bond donors (Lipinski definition) is 2. The highest BCUT2D eigenvalue weighted by molar-refractivity contribution is 5.80. The molecule has 23 heavy (non-hydrogen) atoms. The van der Waals surface area contributed by atoms with E-state index < -0.39 is 0 Å². The predicted molar refractivity (Wildman–Crippen MR) is 91.0 cm³/mol. The molecule has 2 N–H and O–H groups in total. The number of furan rings is 1. The summed E-state index contributed by atoms with van der Waals surface area (Å²) in [6.45, 7) is 7.26. The first-order chi connectivity index (χ1) is 11.1. The minimum absolute atomic E-state index is 0.0203. The molecular formula is C18H22N4O. The van der Waals surface area contributed by atoms with E-state index in [9.17, 15) is 0 Å². The Kier molecular flexibility index (Phi) is 5.81. The fourth-order valence-electron chi connectivity index (χ4n) is 2.19. The molecule has 0 radical (unpaired) electrons. The lowest BCUT2D eigenvalue weighted by Crippen LogP contribution is -2.38. The summed E-state index contributed by atoms with van der Waals surface area (Å²) in [5.74, 6) is 2.49. The fourth-order valence-corrected chi connectivity index (χ4v) is 2.19. The van der Waals surface area contributed by atoms with Crippen LogP contribution in [-0.2, 0) is 6.54 Å². The van der Waals surface area contributed by atoms with Gasteiger partial charge in [-0.1, -0.05) is 12.1 Å². The molecule has 2 rings (SSSR count). The molecule has 5 heteroatoms. The van der Waals surface area contributed by atoms with Crippen LogP contribution in [-0.4, -0.2) is 12.5 Å². The first-order valence-electron chi connectivity index (χ1n) is 7.72. The van der Waals surface area contributed by atoms with Crippen LogP contribution in [0.2, 0.25) is 0 Å². The third-order valence-corrected chi connectivity index (χ3v) is 3.36. The second-order valence-electron chi connectivity index (χ2n) is 5.32. The Hall–Kier alpha value is -2.74. The molecule has 0 fully saturated rings. The molecular weight excluding hydrogens is 288 g/mol. The van der Waals surface area contributed by atoms with E-state index in [1.165, 1.54) is 0 Å². The first kappa shape index (κ1) is 16.6. The Morgan fingerprint density at radius 1 is 1.35 bits per heavy atom. The molecule has 5 nitrogen and oxygen atoms in total. The van der Waals surface area contributed by atoms with Crippen molar-refractivity contribution in [2.75, 3.05) is 6.54 Å². The van der Waals surface area contributed by atoms with Crippen LogP contribution in [0.1, 0.15) is 42.5 Å². The summed E-state index contributed by atoms with van der Waals surface area (Å²) in [6.07, 6.45) is 0. The molecule has 2 aromatic rings. The monoisotopic (exact) mass is 310 g/mol. The van der Waals surface area contributed by atoms with E-state index in [2.05, 4.69) is 21.7 Å². The van der Waals surface area contributed by atoms with Gasteiger partial charge in [-0.05, 0) is 50.6 Å². The van der Waals surface area contributed by atoms with Crippen LogP contribution in [0, 0.1) is 18.3 Å². The molecule has 1 atom stereocenters. The number of guanidine groups is 1. The summed E-state index contributed by atoms with van der Waals surface area (Å²) in [4.78, 5) is 4.57. The fraction of sp³-hybridized carbons (Fsp3) is 0.333. The summed E-state index contributed by atoms with van der Waals surface area (Å²) in [5.41, 5.74) is 1.65. The summed E-state index contributed by atoms with van der Waals surface area (Å²) in [5, 5.41) is 15.5. The second-order valence-corrected chi connectivity index (χ2v) is 5.32. The van der Waals surface area contributed by atoms with Crippen LogP contribution in [0.3, 0.4) is 0 Å². The third kappa shape index (κ3) is 4.89. The number of aliphatic imine (C=N–C) groups is 1. The van der Waals surface area contributed by atoms with Gasteiger partial charge in [0.2, 0.25) is 0 Å². The van der Waals surface area contributed by atoms with Crippen molar-refractivity contribution in [1.82, 2.24) is 10.6 Å². The van der Waals surface area contributed by atoms with E-state index in [1.54, 1.807) is 6.07 Å². The number of rotatable bonds is 5. The highest BCUT2D eigenvalue weighted by atomic mass is 16.3. The van der Waals surface area contributed by atoms with E-state index in [4.69, 9.17) is 9.68 Å². The summed E-state index contributed by atoms with van der Waals surface area (Å²) >= 11 is 0. The quantitative estimate of drug-likeness (QED) is 0.656. The van der Waals surface area contributed by atoms with Crippen molar-refractivity contribution in [3.63, 3.8) is 0 Å². The molecule has 1 unspecified atom stereocenters. The standard InChI is InChI=1S/C18H22N4O/c1-4-20-18(22-14(3)17-9-8-13(2)23-17)21-12-16-7-5-6-15(10-16)11-19/h5-10,14H,4,12H2,1-3H3,(H2,20,21,22). The minimum atomic E-state index is 0.0203. The number of aryl methyl sites for hydroxylation is 1. The Balaban J connectivity index is 2.06. The summed E-state index contributed by atoms with van der Waals surface area (Å²) < 4.78 is 5.64. The normalized spacial score (nSPS) is 12.5. The number of nitrogens with one attached hydrogen (secondary N) is 2. The zero-order valence-corrected chi connectivity index (χ0v) is 13.8. The SMILES string of the molecule is CCNC(=NCc1cccc(C#N)c1)NC(C)c1ccc(C)o1. The molecule has 1 heterocycles. The molecule has 120 valence electrons. The molecule has 0 aliphatic carbocycles. The van der Waals surface area contributed by atoms with Gasteiger partial charge < -0.3 is 15.1 Å². The van der Waals surface area contributed by atoms with Crippen LogP contribution in [0.15, 0.2) is 45.8 Å². The van der Waals surface area contributed by atoms with Crippen molar-refractivity contribution in [3.05, 3.63) is 59.0 Å². The second kappa shape index (κ2) is 8.04. The molecule has 0 saturated heterocycles. The Labute approximate surface area is 137 Å². The summed E-state index contributed by atoms with van der Waals surface area (Å²) in [7, 11) is 0. The van der Waals surface area contributed by atoms with Gasteiger partial charge in [0.05, 0.1) is 24.2 Å². The Bertz CT molecular complexity index is 712. The average Bonchev–Trinajstić information content (AvgIpc) is 2.99. The van der Waals surface area contributed by atoms with Crippen molar-refractivity contribution >= 4 is 5.96 Å². The number of benzene rings is 1. The van der Waals surface area contributed by atoms with Gasteiger partial charge >= 0.3 is 0 Å². The van der Waals surface area contributed by atoms with E-state index >= 15 is 0 Å². The topological polar surface area (TPSA) is 73.3 Å². The van der Waals surface area contributed by atoms with Gasteiger partial charge in [0.25, 0.3) is 0 Å². The van der Waals surface area contributed by atoms with E-state index in [1.807, 2.05) is 51.1 Å². The van der Waals surface area contributed by atoms with Crippen LogP contribution < -0.4 is 10.6 Å². The number of hydrogen-bond acceptors (Lipinski definition) is 3. The first-order valence-corrected chi connectivity index (χ1v) is 7.72. The van der Waals surface area contributed by atoms with Gasteiger partial charge in [0.1, 0.15) is 11.5 Å². The molecule has 0 aliphatic rings. The highest BCUT2D eigenvalue weighted by Gasteiger charge is 2.11. The van der Waals surface area contributed by atoms with Crippen LogP contribution in [0.25, 0.3) is 0 Å². The van der Waals surface area contributed by atoms with E-state index in [0.717, 1.165) is 29.6 Å². The maximum absolute atomic E-state index is 8.95. The van der Waals surface area contributed by atoms with Crippen LogP contribution >= 0.6 is 0 Å². The van der Waals surface area contributed by atoms with Crippen molar-refractivity contribution < 1.29 is 4.42 Å². The lowest BCUT2D eigenvalue weighted by molar-refractivity contribution is 0.441. The van der Waals surface area contributed by atoms with Gasteiger partial charge in [0, 0.05) is 6.54 Å². The molecule has 0 bridgehead atoms. The minimum Gasteiger partial charge on any atom is -0.464 e. The molecule has 0 spiro atoms. The van der Waals surface area contributed by atoms with Gasteiger partial charge in [-0.15, -0.1) is 0 Å². The van der Waals surface area contributed by atoms with E-state index in [0.29, 0.717) is 12.1 Å². The van der Waals surface area contributed by atoms with E-state index in [-0.39, 0.29) is 6.04 Å². The largest absolute Gasteiger partial charge is 0.464 e. The lowest BCUT2D eigenvalue weighted by atomic mass is 10.1. The van der Waals surface area contributed by atoms with Crippen LogP contribution in [0.5, 0.6) is 0 Å². The third-order valence-electron chi connectivity index (χ3n) is 3.36. The van der Waals surface area contributed by atoms with Crippen molar-refractivity contribution in [2.24, 2.45) is 4.99 Å². The number of nitriles is 1. The summed E-state index contributed by atoms with van der Waals surface area (Å²) in [6, 6.07) is 13.6. The molecule has 1 aromatic heterocycles. The molecule has 0 saturated carbocycles. The zero-order chi connectivity index (χ0) is 16.7. The van der Waals surface area contributed by atoms with Crippen molar-refractivity contribution in [3.8, 4) is 6.07 Å². The molecule has 1 aromatic carbocycles. The predicted octanol–water partition coefficient (Wildman–Crippen LogP) is 3.28. The van der Waals surface area contributed by atoms with Gasteiger partial charge in [0.15, 0.2) is 5.96 Å². The van der Waals surface area contributed by atoms with Gasteiger partial charge in [-0.25, -0.2) is 4.99 Å². The molecule has 0 amide bonds. The maximum atomic E-state index is 8.95. The average molecular weight is 310 g/mol. The molecule has 0 aliphatic heterocycles. The Morgan fingerprint density at radius 3 is 2.83 bits per heavy atom. The maximum Gasteiger partial charge on any atom is 0.192 e. The zero-order valence-electron chi connectivity index (χ0n) is 13.8. The van der Waals surface area contributed by atoms with Gasteiger partial charge in [-0.2, -0.15) is 5.26 Å². The Morgan fingerprint density at radius 2 is 2.17 bits per heavy atom. The van der Waals surface area contributed by atoms with Crippen LogP contribution in [0.4, 0.5) is 0 Å². The van der Waals surface area contributed by atoms with Crippen molar-refractivity contribution in [2.45, 2.75) is 33.4 Å². The van der Waals surface area contributed by atoms with Gasteiger partial charge in [-0.3, -0.25) is 0 Å². The smallest absolute Gasteiger partial charge is 0.192 e. The highest BCUT2D eigenvalue weighted by Crippen LogP contribution is 2.15. The van der Waals surface area contributed by atoms with Crippen molar-refractivity contribution in [1.29, 1.82) is 5.26 Å².